The Hall–Kier alpha value is -1.75. The maximum absolute atomic E-state index is 12.0. The highest BCUT2D eigenvalue weighted by atomic mass is 35.5. The average Bonchev–Trinajstić information content (AvgIpc) is 2.84. The summed E-state index contributed by atoms with van der Waals surface area (Å²) in [5.74, 6) is -0.160. The van der Waals surface area contributed by atoms with Gasteiger partial charge in [-0.25, -0.2) is 4.99 Å². The summed E-state index contributed by atoms with van der Waals surface area (Å²) >= 11 is 13.1. The molecular formula is C16H10Cl2N2OS. The average molecular weight is 349 g/mol. The summed E-state index contributed by atoms with van der Waals surface area (Å²) in [5.41, 5.74) is 1.61. The van der Waals surface area contributed by atoms with Gasteiger partial charge in [-0.3, -0.25) is 4.79 Å². The van der Waals surface area contributed by atoms with Gasteiger partial charge >= 0.3 is 0 Å². The molecule has 3 nitrogen and oxygen atoms in total. The van der Waals surface area contributed by atoms with E-state index in [9.17, 15) is 4.79 Å². The van der Waals surface area contributed by atoms with Crippen LogP contribution >= 0.6 is 35.0 Å². The van der Waals surface area contributed by atoms with Crippen molar-refractivity contribution in [2.75, 3.05) is 0 Å². The monoisotopic (exact) mass is 348 g/mol. The first-order chi connectivity index (χ1) is 10.6. The van der Waals surface area contributed by atoms with E-state index in [-0.39, 0.29) is 5.91 Å². The molecule has 0 aromatic heterocycles. The van der Waals surface area contributed by atoms with E-state index >= 15 is 0 Å². The molecule has 3 rings (SSSR count). The van der Waals surface area contributed by atoms with Gasteiger partial charge in [0, 0.05) is 0 Å². The predicted octanol–water partition coefficient (Wildman–Crippen LogP) is 4.89. The Balaban J connectivity index is 1.83. The first-order valence-corrected chi connectivity index (χ1v) is 7.99. The number of hydrogen-bond acceptors (Lipinski definition) is 3. The highest BCUT2D eigenvalue weighted by molar-refractivity contribution is 8.18. The Kier molecular flexibility index (Phi) is 4.52. The largest absolute Gasteiger partial charge is 0.300 e. The van der Waals surface area contributed by atoms with Gasteiger partial charge in [-0.2, -0.15) is 0 Å². The summed E-state index contributed by atoms with van der Waals surface area (Å²) in [7, 11) is 0. The molecule has 1 heterocycles. The van der Waals surface area contributed by atoms with Crippen LogP contribution in [0.25, 0.3) is 6.08 Å². The maximum atomic E-state index is 12.0. The van der Waals surface area contributed by atoms with Crippen LogP contribution in [0.3, 0.4) is 0 Å². The molecule has 1 N–H and O–H groups in total. The molecular weight excluding hydrogens is 339 g/mol. The van der Waals surface area contributed by atoms with Crippen LogP contribution in [0.15, 0.2) is 58.4 Å². The third kappa shape index (κ3) is 3.53. The minimum Gasteiger partial charge on any atom is -0.300 e. The smallest absolute Gasteiger partial charge is 0.264 e. The van der Waals surface area contributed by atoms with Crippen molar-refractivity contribution >= 4 is 57.8 Å². The number of hydrogen-bond donors (Lipinski definition) is 1. The van der Waals surface area contributed by atoms with Crippen molar-refractivity contribution in [1.82, 2.24) is 5.32 Å². The number of amides is 1. The molecule has 1 saturated heterocycles. The van der Waals surface area contributed by atoms with Crippen LogP contribution in [0.2, 0.25) is 10.0 Å². The molecule has 0 aliphatic carbocycles. The van der Waals surface area contributed by atoms with Crippen molar-refractivity contribution in [3.63, 3.8) is 0 Å². The van der Waals surface area contributed by atoms with E-state index in [0.29, 0.717) is 25.8 Å². The molecule has 1 aliphatic heterocycles. The number of amidine groups is 1. The Bertz CT molecular complexity index is 788. The normalized spacial score (nSPS) is 18.0. The molecule has 1 amide bonds. The van der Waals surface area contributed by atoms with Gasteiger partial charge in [-0.1, -0.05) is 53.5 Å². The van der Waals surface area contributed by atoms with E-state index in [1.807, 2.05) is 36.4 Å². The second kappa shape index (κ2) is 6.57. The maximum Gasteiger partial charge on any atom is 0.264 e. The molecule has 0 saturated carbocycles. The van der Waals surface area contributed by atoms with E-state index in [0.717, 1.165) is 5.56 Å². The van der Waals surface area contributed by atoms with Crippen LogP contribution in [-0.2, 0) is 4.79 Å². The lowest BCUT2D eigenvalue weighted by molar-refractivity contribution is -0.115. The fourth-order valence-corrected chi connectivity index (χ4v) is 2.99. The molecule has 6 heteroatoms. The van der Waals surface area contributed by atoms with Gasteiger partial charge in [0.2, 0.25) is 0 Å². The minimum atomic E-state index is -0.160. The predicted molar refractivity (Wildman–Crippen MR) is 93.7 cm³/mol. The van der Waals surface area contributed by atoms with E-state index in [1.54, 1.807) is 18.2 Å². The second-order valence-electron chi connectivity index (χ2n) is 4.49. The lowest BCUT2D eigenvalue weighted by atomic mass is 10.2. The highest BCUT2D eigenvalue weighted by Gasteiger charge is 2.23. The Morgan fingerprint density at radius 1 is 1.05 bits per heavy atom. The molecule has 0 atom stereocenters. The van der Waals surface area contributed by atoms with Gasteiger partial charge in [0.1, 0.15) is 0 Å². The molecule has 22 heavy (non-hydrogen) atoms. The van der Waals surface area contributed by atoms with Crippen LogP contribution in [-0.4, -0.2) is 11.1 Å². The first-order valence-electron chi connectivity index (χ1n) is 6.41. The highest BCUT2D eigenvalue weighted by Crippen LogP contribution is 2.30. The Labute approximate surface area is 142 Å². The topological polar surface area (TPSA) is 41.5 Å². The summed E-state index contributed by atoms with van der Waals surface area (Å²) in [4.78, 5) is 16.9. The third-order valence-corrected chi connectivity index (χ3v) is 4.53. The molecule has 1 fully saturated rings. The van der Waals surface area contributed by atoms with Crippen molar-refractivity contribution in [3.05, 3.63) is 69.0 Å². The molecule has 1 aliphatic rings. The number of carbonyl (C=O) groups is 1. The minimum absolute atomic E-state index is 0.160. The summed E-state index contributed by atoms with van der Waals surface area (Å²) in [5, 5.41) is 4.15. The van der Waals surface area contributed by atoms with Gasteiger partial charge in [-0.15, -0.1) is 0 Å². The van der Waals surface area contributed by atoms with Gasteiger partial charge in [0.05, 0.1) is 20.6 Å². The second-order valence-corrected chi connectivity index (χ2v) is 6.34. The fourth-order valence-electron chi connectivity index (χ4n) is 1.85. The van der Waals surface area contributed by atoms with Gasteiger partial charge in [0.15, 0.2) is 5.17 Å². The van der Waals surface area contributed by atoms with Crippen molar-refractivity contribution in [3.8, 4) is 0 Å². The molecule has 0 spiro atoms. The molecule has 110 valence electrons. The van der Waals surface area contributed by atoms with E-state index in [2.05, 4.69) is 10.3 Å². The van der Waals surface area contributed by atoms with E-state index in [4.69, 9.17) is 23.2 Å². The molecule has 0 radical (unpaired) electrons. The lowest BCUT2D eigenvalue weighted by Gasteiger charge is -1.98. The van der Waals surface area contributed by atoms with Crippen LogP contribution < -0.4 is 5.32 Å². The molecule has 2 aromatic carbocycles. The zero-order valence-corrected chi connectivity index (χ0v) is 13.5. The van der Waals surface area contributed by atoms with Gasteiger partial charge in [-0.05, 0) is 41.6 Å². The third-order valence-electron chi connectivity index (χ3n) is 2.88. The number of halogens is 2. The molecule has 2 aromatic rings. The summed E-state index contributed by atoms with van der Waals surface area (Å²) in [6, 6.07) is 14.7. The number of thioether (sulfide) groups is 1. The van der Waals surface area contributed by atoms with Crippen molar-refractivity contribution in [2.24, 2.45) is 4.99 Å². The summed E-state index contributed by atoms with van der Waals surface area (Å²) < 4.78 is 0. The Morgan fingerprint density at radius 3 is 2.55 bits per heavy atom. The first kappa shape index (κ1) is 15.2. The number of nitrogens with one attached hydrogen (secondary N) is 1. The lowest BCUT2D eigenvalue weighted by Crippen LogP contribution is -2.19. The van der Waals surface area contributed by atoms with E-state index < -0.39 is 0 Å². The number of nitrogens with zero attached hydrogens (tertiary/aromatic N) is 1. The zero-order valence-electron chi connectivity index (χ0n) is 11.2. The standard InChI is InChI=1S/C16H10Cl2N2OS/c17-12-7-6-11(9-13(12)18)19-16-20-15(21)14(22-16)8-10-4-2-1-3-5-10/h1-9H,(H,19,20,21). The SMILES string of the molecule is O=C1NC(=Nc2ccc(Cl)c(Cl)c2)SC1=Cc1ccccc1. The number of rotatable bonds is 2. The van der Waals surface area contributed by atoms with Gasteiger partial charge in [0.25, 0.3) is 5.91 Å². The summed E-state index contributed by atoms with van der Waals surface area (Å²) in [6.45, 7) is 0. The molecule has 0 unspecified atom stereocenters. The van der Waals surface area contributed by atoms with Crippen molar-refractivity contribution in [1.29, 1.82) is 0 Å². The van der Waals surface area contributed by atoms with Crippen LogP contribution in [0.1, 0.15) is 5.56 Å². The Morgan fingerprint density at radius 2 is 1.82 bits per heavy atom. The van der Waals surface area contributed by atoms with Crippen LogP contribution in [0.5, 0.6) is 0 Å². The van der Waals surface area contributed by atoms with E-state index in [1.165, 1.54) is 11.8 Å². The fraction of sp³-hybridized carbons (Fsp3) is 0. The zero-order chi connectivity index (χ0) is 15.5. The van der Waals surface area contributed by atoms with Gasteiger partial charge < -0.3 is 5.32 Å². The van der Waals surface area contributed by atoms with Crippen molar-refractivity contribution < 1.29 is 4.79 Å². The summed E-state index contributed by atoms with van der Waals surface area (Å²) in [6.07, 6.45) is 1.83. The number of benzene rings is 2. The quantitative estimate of drug-likeness (QED) is 0.785. The van der Waals surface area contributed by atoms with Crippen LogP contribution in [0.4, 0.5) is 5.69 Å². The van der Waals surface area contributed by atoms with Crippen LogP contribution in [0, 0.1) is 0 Å². The van der Waals surface area contributed by atoms with Crippen molar-refractivity contribution in [2.45, 2.75) is 0 Å². The number of carbonyl (C=O) groups excluding carboxylic acids is 1. The molecule has 0 bridgehead atoms. The number of aliphatic imine (C=N–C) groups is 1.